The number of fused-ring (bicyclic) bond motifs is 1. The Morgan fingerprint density at radius 1 is 0.886 bits per heavy atom. The molecule has 0 spiro atoms. The maximum Gasteiger partial charge on any atom is 0.256 e. The summed E-state index contributed by atoms with van der Waals surface area (Å²) in [5.41, 5.74) is 3.16. The first-order chi connectivity index (χ1) is 16.7. The molecule has 1 aliphatic carbocycles. The monoisotopic (exact) mass is 496 g/mol. The van der Waals surface area contributed by atoms with Crippen LogP contribution in [0, 0.1) is 5.92 Å². The molecule has 2 aromatic carbocycles. The zero-order valence-electron chi connectivity index (χ0n) is 20.3. The van der Waals surface area contributed by atoms with Crippen molar-refractivity contribution in [1.82, 2.24) is 0 Å². The van der Waals surface area contributed by atoms with Gasteiger partial charge < -0.3 is 14.5 Å². The standard InChI is InChI=1S/C27H32N2O5S/c1-18-17-28(27(31)25-8-5-15-34-25)24-16-21(19-9-12-22(13-10-19)35(2,32)33)11-14-23(24)29(18)26(30)20-6-3-4-7-20/h9-14,16,18,20,25H,3-8,15,17H2,1-2H3/t18-,25?/m0/s1. The molecular formula is C27H32N2O5S. The van der Waals surface area contributed by atoms with Crippen LogP contribution in [0.4, 0.5) is 11.4 Å². The molecule has 1 saturated heterocycles. The second-order valence-electron chi connectivity index (χ2n) is 9.99. The number of sulfone groups is 1. The van der Waals surface area contributed by atoms with Crippen molar-refractivity contribution in [1.29, 1.82) is 0 Å². The zero-order chi connectivity index (χ0) is 24.7. The maximum atomic E-state index is 13.5. The van der Waals surface area contributed by atoms with Gasteiger partial charge in [0.2, 0.25) is 5.91 Å². The highest BCUT2D eigenvalue weighted by atomic mass is 32.2. The van der Waals surface area contributed by atoms with Gasteiger partial charge in [-0.15, -0.1) is 0 Å². The first kappa shape index (κ1) is 24.0. The van der Waals surface area contributed by atoms with E-state index in [9.17, 15) is 18.0 Å². The van der Waals surface area contributed by atoms with Gasteiger partial charge in [-0.25, -0.2) is 8.42 Å². The molecule has 2 heterocycles. The number of hydrogen-bond donors (Lipinski definition) is 0. The van der Waals surface area contributed by atoms with E-state index in [-0.39, 0.29) is 28.7 Å². The van der Waals surface area contributed by atoms with Gasteiger partial charge in [0.05, 0.1) is 22.3 Å². The van der Waals surface area contributed by atoms with Crippen molar-refractivity contribution >= 4 is 33.0 Å². The molecule has 2 aliphatic heterocycles. The quantitative estimate of drug-likeness (QED) is 0.634. The smallest absolute Gasteiger partial charge is 0.256 e. The van der Waals surface area contributed by atoms with Gasteiger partial charge in [-0.05, 0) is 68.0 Å². The van der Waals surface area contributed by atoms with E-state index in [1.54, 1.807) is 29.2 Å². The van der Waals surface area contributed by atoms with Crippen LogP contribution in [0.1, 0.15) is 45.4 Å². The lowest BCUT2D eigenvalue weighted by molar-refractivity contribution is -0.128. The fraction of sp³-hybridized carbons (Fsp3) is 0.481. The van der Waals surface area contributed by atoms with Crippen molar-refractivity contribution in [2.24, 2.45) is 5.92 Å². The lowest BCUT2D eigenvalue weighted by Crippen LogP contribution is -2.54. The van der Waals surface area contributed by atoms with Gasteiger partial charge in [-0.3, -0.25) is 9.59 Å². The highest BCUT2D eigenvalue weighted by Gasteiger charge is 2.40. The van der Waals surface area contributed by atoms with E-state index >= 15 is 0 Å². The molecule has 1 unspecified atom stereocenters. The van der Waals surface area contributed by atoms with Gasteiger partial charge in [0.1, 0.15) is 6.10 Å². The van der Waals surface area contributed by atoms with Gasteiger partial charge >= 0.3 is 0 Å². The van der Waals surface area contributed by atoms with E-state index < -0.39 is 15.9 Å². The lowest BCUT2D eigenvalue weighted by atomic mass is 9.98. The zero-order valence-corrected chi connectivity index (χ0v) is 21.1. The summed E-state index contributed by atoms with van der Waals surface area (Å²) >= 11 is 0. The van der Waals surface area contributed by atoms with Crippen LogP contribution in [0.5, 0.6) is 0 Å². The van der Waals surface area contributed by atoms with E-state index in [1.165, 1.54) is 6.26 Å². The van der Waals surface area contributed by atoms with Crippen molar-refractivity contribution in [3.8, 4) is 11.1 Å². The minimum absolute atomic E-state index is 0.0360. The van der Waals surface area contributed by atoms with E-state index in [0.717, 1.165) is 48.9 Å². The third-order valence-corrected chi connectivity index (χ3v) is 8.57. The summed E-state index contributed by atoms with van der Waals surface area (Å²) < 4.78 is 29.4. The number of nitrogens with zero attached hydrogens (tertiary/aromatic N) is 2. The molecule has 2 aromatic rings. The van der Waals surface area contributed by atoms with Crippen LogP contribution in [0.25, 0.3) is 11.1 Å². The first-order valence-corrected chi connectivity index (χ1v) is 14.3. The van der Waals surface area contributed by atoms with Crippen LogP contribution in [0.2, 0.25) is 0 Å². The Hall–Kier alpha value is -2.71. The summed E-state index contributed by atoms with van der Waals surface area (Å²) in [5.74, 6) is 0.118. The van der Waals surface area contributed by atoms with E-state index in [1.807, 2.05) is 30.0 Å². The summed E-state index contributed by atoms with van der Waals surface area (Å²) in [6.07, 6.45) is 6.30. The van der Waals surface area contributed by atoms with Crippen molar-refractivity contribution in [3.05, 3.63) is 42.5 Å². The maximum absolute atomic E-state index is 13.5. The van der Waals surface area contributed by atoms with Crippen LogP contribution in [-0.4, -0.2) is 51.8 Å². The van der Waals surface area contributed by atoms with Gasteiger partial charge in [0.15, 0.2) is 9.84 Å². The average Bonchev–Trinajstić information content (AvgIpc) is 3.57. The Morgan fingerprint density at radius 2 is 1.57 bits per heavy atom. The molecule has 0 bridgehead atoms. The molecule has 7 nitrogen and oxygen atoms in total. The SMILES string of the molecule is C[C@H]1CN(C(=O)C2CCCO2)c2cc(-c3ccc(S(C)(=O)=O)cc3)ccc2N1C(=O)C1CCCC1. The van der Waals surface area contributed by atoms with Gasteiger partial charge in [-0.2, -0.15) is 0 Å². The number of benzene rings is 2. The number of rotatable bonds is 4. The summed E-state index contributed by atoms with van der Waals surface area (Å²) in [4.78, 5) is 30.9. The molecule has 2 amide bonds. The summed E-state index contributed by atoms with van der Waals surface area (Å²) in [6, 6.07) is 12.4. The molecule has 8 heteroatoms. The predicted octanol–water partition coefficient (Wildman–Crippen LogP) is 4.19. The van der Waals surface area contributed by atoms with Crippen LogP contribution in [0.15, 0.2) is 47.4 Å². The van der Waals surface area contributed by atoms with Gasteiger partial charge in [0, 0.05) is 25.3 Å². The molecule has 1 saturated carbocycles. The largest absolute Gasteiger partial charge is 0.368 e. The number of carbonyl (C=O) groups excluding carboxylic acids is 2. The Bertz CT molecular complexity index is 1230. The van der Waals surface area contributed by atoms with Gasteiger partial charge in [0.25, 0.3) is 5.91 Å². The Kier molecular flexibility index (Phi) is 6.44. The highest BCUT2D eigenvalue weighted by molar-refractivity contribution is 7.90. The summed E-state index contributed by atoms with van der Waals surface area (Å²) in [6.45, 7) is 3.01. The predicted molar refractivity (Wildman–Crippen MR) is 135 cm³/mol. The number of hydrogen-bond acceptors (Lipinski definition) is 5. The summed E-state index contributed by atoms with van der Waals surface area (Å²) in [5, 5.41) is 0. The van der Waals surface area contributed by atoms with Crippen molar-refractivity contribution in [2.75, 3.05) is 29.2 Å². The van der Waals surface area contributed by atoms with Crippen molar-refractivity contribution in [3.63, 3.8) is 0 Å². The van der Waals surface area contributed by atoms with E-state index in [2.05, 4.69) is 0 Å². The molecule has 3 aliphatic rings. The van der Waals surface area contributed by atoms with Crippen LogP contribution >= 0.6 is 0 Å². The molecule has 0 aromatic heterocycles. The normalized spacial score (nSPS) is 22.9. The molecule has 2 atom stereocenters. The minimum Gasteiger partial charge on any atom is -0.368 e. The van der Waals surface area contributed by atoms with E-state index in [4.69, 9.17) is 4.74 Å². The second kappa shape index (κ2) is 9.39. The van der Waals surface area contributed by atoms with Crippen LogP contribution < -0.4 is 9.80 Å². The molecule has 0 N–H and O–H groups in total. The third-order valence-electron chi connectivity index (χ3n) is 7.44. The molecule has 2 fully saturated rings. The van der Waals surface area contributed by atoms with Gasteiger partial charge in [-0.1, -0.05) is 31.0 Å². The topological polar surface area (TPSA) is 84.0 Å². The minimum atomic E-state index is -3.29. The number of ether oxygens (including phenoxy) is 1. The Balaban J connectivity index is 1.56. The lowest BCUT2D eigenvalue weighted by Gasteiger charge is -2.43. The van der Waals surface area contributed by atoms with Crippen LogP contribution in [0.3, 0.4) is 0 Å². The Labute approximate surface area is 207 Å². The number of carbonyl (C=O) groups is 2. The molecule has 5 rings (SSSR count). The average molecular weight is 497 g/mol. The van der Waals surface area contributed by atoms with Crippen molar-refractivity contribution in [2.45, 2.75) is 62.5 Å². The fourth-order valence-electron chi connectivity index (χ4n) is 5.56. The molecule has 0 radical (unpaired) electrons. The fourth-order valence-corrected chi connectivity index (χ4v) is 6.19. The second-order valence-corrected chi connectivity index (χ2v) is 12.0. The van der Waals surface area contributed by atoms with Crippen LogP contribution in [-0.2, 0) is 24.2 Å². The molecular weight excluding hydrogens is 464 g/mol. The summed E-state index contributed by atoms with van der Waals surface area (Å²) in [7, 11) is -3.29. The van der Waals surface area contributed by atoms with E-state index in [0.29, 0.717) is 25.3 Å². The number of anilines is 2. The molecule has 186 valence electrons. The first-order valence-electron chi connectivity index (χ1n) is 12.4. The molecule has 35 heavy (non-hydrogen) atoms. The highest BCUT2D eigenvalue weighted by Crippen LogP contribution is 2.41. The number of amides is 2. The van der Waals surface area contributed by atoms with Crippen molar-refractivity contribution < 1.29 is 22.7 Å². The Morgan fingerprint density at radius 3 is 2.20 bits per heavy atom. The third kappa shape index (κ3) is 4.61.